The van der Waals surface area contributed by atoms with Crippen molar-refractivity contribution in [2.24, 2.45) is 0 Å². The summed E-state index contributed by atoms with van der Waals surface area (Å²) in [6, 6.07) is 0.581. The van der Waals surface area contributed by atoms with E-state index in [9.17, 15) is 0 Å². The summed E-state index contributed by atoms with van der Waals surface area (Å²) in [6.07, 6.45) is 0. The van der Waals surface area contributed by atoms with Crippen molar-refractivity contribution in [2.45, 2.75) is 39.8 Å². The van der Waals surface area contributed by atoms with Gasteiger partial charge in [-0.15, -0.1) is 0 Å². The van der Waals surface area contributed by atoms with Gasteiger partial charge in [0.05, 0.1) is 0 Å². The first-order valence-electron chi connectivity index (χ1n) is 5.48. The Morgan fingerprint density at radius 2 is 1.12 bits per heavy atom. The lowest BCUT2D eigenvalue weighted by atomic mass is 10.4. The Morgan fingerprint density at radius 1 is 0.750 bits per heavy atom. The van der Waals surface area contributed by atoms with E-state index < -0.39 is 0 Å². The summed E-state index contributed by atoms with van der Waals surface area (Å²) in [4.78, 5) is 12.7. The summed E-state index contributed by atoms with van der Waals surface area (Å²) in [5, 5.41) is 9.21. The van der Waals surface area contributed by atoms with Gasteiger partial charge in [0.15, 0.2) is 0 Å². The Morgan fingerprint density at radius 3 is 1.44 bits per heavy atom. The van der Waals surface area contributed by atoms with Crippen molar-refractivity contribution in [3.63, 3.8) is 0 Å². The van der Waals surface area contributed by atoms with E-state index in [1.165, 1.54) is 0 Å². The van der Waals surface area contributed by atoms with Crippen LogP contribution in [0.15, 0.2) is 0 Å². The quantitative estimate of drug-likeness (QED) is 0.704. The first-order chi connectivity index (χ1) is 7.51. The highest BCUT2D eigenvalue weighted by molar-refractivity contribution is 5.42. The molecule has 0 aliphatic heterocycles. The fourth-order valence-corrected chi connectivity index (χ4v) is 1.13. The third-order valence-corrected chi connectivity index (χ3v) is 1.69. The van der Waals surface area contributed by atoms with Crippen LogP contribution in [0.3, 0.4) is 0 Å². The maximum atomic E-state index is 4.28. The zero-order chi connectivity index (χ0) is 12.1. The number of aromatic nitrogens is 3. The molecule has 1 aromatic rings. The van der Waals surface area contributed by atoms with Gasteiger partial charge in [-0.05, 0) is 27.7 Å². The third-order valence-electron chi connectivity index (χ3n) is 1.69. The van der Waals surface area contributed by atoms with Crippen LogP contribution in [0.1, 0.15) is 27.7 Å². The fraction of sp³-hybridized carbons (Fsp3) is 0.700. The molecular weight excluding hydrogens is 204 g/mol. The summed E-state index contributed by atoms with van der Waals surface area (Å²) >= 11 is 0. The molecule has 0 radical (unpaired) electrons. The normalized spacial score (nSPS) is 10.7. The predicted molar refractivity (Wildman–Crippen MR) is 66.9 cm³/mol. The Hall–Kier alpha value is -1.59. The van der Waals surface area contributed by atoms with Crippen LogP contribution >= 0.6 is 0 Å². The molecular formula is C10H20N6. The fourth-order valence-electron chi connectivity index (χ4n) is 1.13. The molecule has 3 N–H and O–H groups in total. The zero-order valence-electron chi connectivity index (χ0n) is 10.5. The second-order valence-electron chi connectivity index (χ2n) is 4.15. The molecule has 0 unspecified atom stereocenters. The number of nitrogens with one attached hydrogen (secondary N) is 3. The van der Waals surface area contributed by atoms with Gasteiger partial charge in [-0.3, -0.25) is 0 Å². The van der Waals surface area contributed by atoms with E-state index in [4.69, 9.17) is 0 Å². The smallest absolute Gasteiger partial charge is 0.229 e. The topological polar surface area (TPSA) is 74.8 Å². The highest BCUT2D eigenvalue weighted by Gasteiger charge is 2.06. The molecule has 0 saturated heterocycles. The van der Waals surface area contributed by atoms with E-state index in [1.807, 2.05) is 27.7 Å². The van der Waals surface area contributed by atoms with Gasteiger partial charge in [0.1, 0.15) is 0 Å². The maximum absolute atomic E-state index is 4.28. The van der Waals surface area contributed by atoms with Crippen LogP contribution < -0.4 is 16.0 Å². The molecule has 6 nitrogen and oxygen atoms in total. The largest absolute Gasteiger partial charge is 0.357 e. The molecule has 0 spiro atoms. The molecule has 0 fully saturated rings. The molecule has 6 heteroatoms. The van der Waals surface area contributed by atoms with Crippen LogP contribution in [0, 0.1) is 0 Å². The molecule has 1 rings (SSSR count). The minimum atomic E-state index is 0.291. The SMILES string of the molecule is CNc1nc(NC(C)C)nc(NC(C)C)n1. The van der Waals surface area contributed by atoms with Crippen LogP contribution in [-0.4, -0.2) is 34.1 Å². The molecule has 0 bridgehead atoms. The minimum absolute atomic E-state index is 0.291. The van der Waals surface area contributed by atoms with Gasteiger partial charge in [0.2, 0.25) is 17.8 Å². The molecule has 0 atom stereocenters. The van der Waals surface area contributed by atoms with Gasteiger partial charge >= 0.3 is 0 Å². The van der Waals surface area contributed by atoms with Crippen LogP contribution in [0.4, 0.5) is 17.8 Å². The minimum Gasteiger partial charge on any atom is -0.357 e. The Balaban J connectivity index is 2.91. The molecule has 0 amide bonds. The lowest BCUT2D eigenvalue weighted by molar-refractivity contribution is 0.846. The van der Waals surface area contributed by atoms with Crippen LogP contribution in [-0.2, 0) is 0 Å². The second kappa shape index (κ2) is 5.48. The number of rotatable bonds is 5. The first kappa shape index (κ1) is 12.5. The Bertz CT molecular complexity index is 308. The van der Waals surface area contributed by atoms with E-state index in [2.05, 4.69) is 30.9 Å². The van der Waals surface area contributed by atoms with Crippen molar-refractivity contribution < 1.29 is 0 Å². The van der Waals surface area contributed by atoms with E-state index >= 15 is 0 Å². The summed E-state index contributed by atoms with van der Waals surface area (Å²) in [7, 11) is 1.79. The number of anilines is 3. The van der Waals surface area contributed by atoms with Gasteiger partial charge in [-0.2, -0.15) is 15.0 Å². The maximum Gasteiger partial charge on any atom is 0.229 e. The van der Waals surface area contributed by atoms with Crippen LogP contribution in [0.2, 0.25) is 0 Å². The molecule has 16 heavy (non-hydrogen) atoms. The van der Waals surface area contributed by atoms with E-state index in [-0.39, 0.29) is 0 Å². The molecule has 0 aliphatic carbocycles. The van der Waals surface area contributed by atoms with Gasteiger partial charge in [0, 0.05) is 19.1 Å². The average Bonchev–Trinajstić information content (AvgIpc) is 2.14. The summed E-state index contributed by atoms with van der Waals surface area (Å²) in [6.45, 7) is 8.16. The van der Waals surface area contributed by atoms with E-state index in [0.717, 1.165) is 0 Å². The highest BCUT2D eigenvalue weighted by atomic mass is 15.3. The summed E-state index contributed by atoms with van der Waals surface area (Å²) in [5.74, 6) is 1.72. The van der Waals surface area contributed by atoms with Crippen molar-refractivity contribution in [1.29, 1.82) is 0 Å². The molecule has 0 aliphatic rings. The van der Waals surface area contributed by atoms with Crippen molar-refractivity contribution in [1.82, 2.24) is 15.0 Å². The van der Waals surface area contributed by atoms with Gasteiger partial charge in [-0.1, -0.05) is 0 Å². The summed E-state index contributed by atoms with van der Waals surface area (Å²) in [5.41, 5.74) is 0. The summed E-state index contributed by atoms with van der Waals surface area (Å²) < 4.78 is 0. The second-order valence-corrected chi connectivity index (χ2v) is 4.15. The lowest BCUT2D eigenvalue weighted by Crippen LogP contribution is -2.18. The van der Waals surface area contributed by atoms with Crippen LogP contribution in [0.25, 0.3) is 0 Å². The van der Waals surface area contributed by atoms with E-state index in [0.29, 0.717) is 29.9 Å². The van der Waals surface area contributed by atoms with Gasteiger partial charge in [0.25, 0.3) is 0 Å². The van der Waals surface area contributed by atoms with E-state index in [1.54, 1.807) is 7.05 Å². The zero-order valence-corrected chi connectivity index (χ0v) is 10.5. The van der Waals surface area contributed by atoms with Crippen molar-refractivity contribution in [2.75, 3.05) is 23.0 Å². The first-order valence-corrected chi connectivity index (χ1v) is 5.48. The molecule has 1 heterocycles. The molecule has 90 valence electrons. The van der Waals surface area contributed by atoms with Gasteiger partial charge in [-0.25, -0.2) is 0 Å². The monoisotopic (exact) mass is 224 g/mol. The predicted octanol–water partition coefficient (Wildman–Crippen LogP) is 1.55. The number of hydrogen-bond acceptors (Lipinski definition) is 6. The standard InChI is InChI=1S/C10H20N6/c1-6(2)12-9-14-8(11-5)15-10(16-9)13-7(3)4/h6-7H,1-5H3,(H3,11,12,13,14,15,16). The van der Waals surface area contributed by atoms with Crippen molar-refractivity contribution in [3.05, 3.63) is 0 Å². The number of hydrogen-bond donors (Lipinski definition) is 3. The molecule has 0 aromatic carbocycles. The van der Waals surface area contributed by atoms with Gasteiger partial charge < -0.3 is 16.0 Å². The third kappa shape index (κ3) is 3.88. The highest BCUT2D eigenvalue weighted by Crippen LogP contribution is 2.10. The Kier molecular flexibility index (Phi) is 4.28. The average molecular weight is 224 g/mol. The molecule has 0 saturated carbocycles. The van der Waals surface area contributed by atoms with Crippen molar-refractivity contribution >= 4 is 17.8 Å². The van der Waals surface area contributed by atoms with Crippen LogP contribution in [0.5, 0.6) is 0 Å². The number of nitrogens with zero attached hydrogens (tertiary/aromatic N) is 3. The Labute approximate surface area is 96.3 Å². The van der Waals surface area contributed by atoms with Crippen molar-refractivity contribution in [3.8, 4) is 0 Å². The molecule has 1 aromatic heterocycles. The lowest BCUT2D eigenvalue weighted by Gasteiger charge is -2.13.